The van der Waals surface area contributed by atoms with Crippen molar-refractivity contribution in [1.82, 2.24) is 15.1 Å². The molecule has 154 valence electrons. The van der Waals surface area contributed by atoms with Crippen molar-refractivity contribution in [3.63, 3.8) is 0 Å². The number of para-hydroxylation sites is 1. The first kappa shape index (κ1) is 18.7. The van der Waals surface area contributed by atoms with Gasteiger partial charge in [-0.15, -0.1) is 0 Å². The number of nitrogens with one attached hydrogen (secondary N) is 1. The van der Waals surface area contributed by atoms with E-state index in [0.717, 1.165) is 49.1 Å². The Morgan fingerprint density at radius 1 is 1.34 bits per heavy atom. The smallest absolute Gasteiger partial charge is 0.222 e. The van der Waals surface area contributed by atoms with Gasteiger partial charge in [-0.25, -0.2) is 0 Å². The molecule has 4 heterocycles. The summed E-state index contributed by atoms with van der Waals surface area (Å²) in [6, 6.07) is 8.38. The number of nitrogens with zero attached hydrogens (tertiary/aromatic N) is 2. The van der Waals surface area contributed by atoms with Crippen molar-refractivity contribution in [3.05, 3.63) is 47.8 Å². The van der Waals surface area contributed by atoms with E-state index < -0.39 is 0 Å². The number of hydrogen-bond acceptors (Lipinski definition) is 4. The molecule has 29 heavy (non-hydrogen) atoms. The van der Waals surface area contributed by atoms with E-state index in [1.54, 1.807) is 0 Å². The Balaban J connectivity index is 1.29. The molecule has 2 fully saturated rings. The topological polar surface area (TPSA) is 67.5 Å². The van der Waals surface area contributed by atoms with Gasteiger partial charge in [0.25, 0.3) is 0 Å². The summed E-state index contributed by atoms with van der Waals surface area (Å²) in [6.07, 6.45) is 8.05. The highest BCUT2D eigenvalue weighted by Gasteiger charge is 2.53. The molecule has 0 unspecified atom stereocenters. The van der Waals surface area contributed by atoms with Crippen molar-refractivity contribution in [2.45, 2.75) is 69.8 Å². The summed E-state index contributed by atoms with van der Waals surface area (Å²) >= 11 is 0. The highest BCUT2D eigenvalue weighted by Crippen LogP contribution is 2.52. The number of carbonyl (C=O) groups is 1. The Morgan fingerprint density at radius 2 is 2.21 bits per heavy atom. The van der Waals surface area contributed by atoms with Gasteiger partial charge in [-0.05, 0) is 51.2 Å². The SMILES string of the molecule is CC1(C)Oc2ccccc2[C@@H]2O[C@@H]3CCN(C(=O)CCCc4cn[nH]c4)[C@H]3C[C@H]21. The number of hydrogen-bond donors (Lipinski definition) is 1. The standard InChI is InChI=1S/C23H29N3O3/c1-23(2)17-12-18-20(28-22(17)16-7-3-4-8-19(16)29-23)10-11-26(18)21(27)9-5-6-15-13-24-25-14-15/h3-4,7-8,13-14,17-18,20,22H,5-6,9-12H2,1-2H3,(H,24,25)/t17-,18+,20-,22+/m1/s1. The average molecular weight is 396 g/mol. The van der Waals surface area contributed by atoms with Gasteiger partial charge in [0, 0.05) is 30.6 Å². The summed E-state index contributed by atoms with van der Waals surface area (Å²) in [7, 11) is 0. The summed E-state index contributed by atoms with van der Waals surface area (Å²) in [5.74, 6) is 1.42. The predicted octanol–water partition coefficient (Wildman–Crippen LogP) is 3.65. The number of aryl methyl sites for hydroxylation is 1. The Bertz CT molecular complexity index is 879. The van der Waals surface area contributed by atoms with Crippen molar-refractivity contribution in [1.29, 1.82) is 0 Å². The number of aromatic nitrogens is 2. The van der Waals surface area contributed by atoms with Crippen LogP contribution >= 0.6 is 0 Å². The fraction of sp³-hybridized carbons (Fsp3) is 0.565. The average Bonchev–Trinajstić information content (AvgIpc) is 3.36. The number of amides is 1. The molecule has 0 radical (unpaired) electrons. The summed E-state index contributed by atoms with van der Waals surface area (Å²) < 4.78 is 13.0. The normalized spacial score (nSPS) is 29.5. The molecule has 4 atom stereocenters. The van der Waals surface area contributed by atoms with Crippen LogP contribution in [-0.4, -0.2) is 45.3 Å². The lowest BCUT2D eigenvalue weighted by molar-refractivity contribution is -0.167. The first-order valence-corrected chi connectivity index (χ1v) is 10.7. The van der Waals surface area contributed by atoms with E-state index >= 15 is 0 Å². The molecule has 3 aliphatic heterocycles. The second kappa shape index (κ2) is 7.17. The fourth-order valence-corrected chi connectivity index (χ4v) is 5.35. The maximum atomic E-state index is 13.0. The van der Waals surface area contributed by atoms with Crippen LogP contribution in [-0.2, 0) is 16.0 Å². The Labute approximate surface area is 171 Å². The van der Waals surface area contributed by atoms with Gasteiger partial charge in [0.1, 0.15) is 11.4 Å². The maximum absolute atomic E-state index is 13.0. The van der Waals surface area contributed by atoms with Crippen LogP contribution in [0.4, 0.5) is 0 Å². The van der Waals surface area contributed by atoms with Crippen molar-refractivity contribution in [3.8, 4) is 5.75 Å². The Kier molecular flexibility index (Phi) is 4.62. The molecular formula is C23H29N3O3. The van der Waals surface area contributed by atoms with E-state index in [4.69, 9.17) is 9.47 Å². The van der Waals surface area contributed by atoms with Gasteiger partial charge in [-0.3, -0.25) is 9.89 Å². The molecular weight excluding hydrogens is 366 g/mol. The van der Waals surface area contributed by atoms with Crippen LogP contribution in [0.3, 0.4) is 0 Å². The number of rotatable bonds is 4. The number of ether oxygens (including phenoxy) is 2. The highest BCUT2D eigenvalue weighted by molar-refractivity contribution is 5.77. The number of likely N-dealkylation sites (tertiary alicyclic amines) is 1. The third-order valence-electron chi connectivity index (χ3n) is 6.89. The minimum Gasteiger partial charge on any atom is -0.487 e. The molecule has 5 rings (SSSR count). The molecule has 0 saturated carbocycles. The van der Waals surface area contributed by atoms with Crippen LogP contribution in [0.25, 0.3) is 0 Å². The largest absolute Gasteiger partial charge is 0.487 e. The molecule has 6 nitrogen and oxygen atoms in total. The lowest BCUT2D eigenvalue weighted by Gasteiger charge is -2.50. The minimum atomic E-state index is -0.317. The zero-order chi connectivity index (χ0) is 20.0. The molecule has 0 bridgehead atoms. The number of benzene rings is 1. The molecule has 6 heteroatoms. The fourth-order valence-electron chi connectivity index (χ4n) is 5.35. The Hall–Kier alpha value is -2.34. The van der Waals surface area contributed by atoms with Crippen LogP contribution in [0.15, 0.2) is 36.7 Å². The molecule has 3 aliphatic rings. The van der Waals surface area contributed by atoms with Gasteiger partial charge < -0.3 is 14.4 Å². The van der Waals surface area contributed by atoms with Crippen molar-refractivity contribution in [2.24, 2.45) is 5.92 Å². The first-order chi connectivity index (χ1) is 14.0. The third kappa shape index (κ3) is 3.33. The van der Waals surface area contributed by atoms with E-state index in [1.807, 2.05) is 24.5 Å². The number of fused-ring (bicyclic) bond motifs is 4. The monoisotopic (exact) mass is 395 g/mol. The summed E-state index contributed by atoms with van der Waals surface area (Å²) in [5.41, 5.74) is 1.99. The molecule has 2 saturated heterocycles. The minimum absolute atomic E-state index is 0.0485. The zero-order valence-corrected chi connectivity index (χ0v) is 17.1. The lowest BCUT2D eigenvalue weighted by Crippen LogP contribution is -2.54. The highest BCUT2D eigenvalue weighted by atomic mass is 16.5. The third-order valence-corrected chi connectivity index (χ3v) is 6.89. The summed E-state index contributed by atoms with van der Waals surface area (Å²) in [6.45, 7) is 5.09. The van der Waals surface area contributed by atoms with Crippen LogP contribution in [0.1, 0.15) is 56.8 Å². The quantitative estimate of drug-likeness (QED) is 0.858. The van der Waals surface area contributed by atoms with Gasteiger partial charge in [-0.2, -0.15) is 5.10 Å². The Morgan fingerprint density at radius 3 is 3.03 bits per heavy atom. The van der Waals surface area contributed by atoms with Crippen LogP contribution < -0.4 is 4.74 Å². The van der Waals surface area contributed by atoms with Gasteiger partial charge >= 0.3 is 0 Å². The molecule has 1 aromatic carbocycles. The molecule has 0 spiro atoms. The summed E-state index contributed by atoms with van der Waals surface area (Å²) in [5, 5.41) is 6.80. The van der Waals surface area contributed by atoms with Gasteiger partial charge in [0.2, 0.25) is 5.91 Å². The van der Waals surface area contributed by atoms with Crippen LogP contribution in [0.2, 0.25) is 0 Å². The van der Waals surface area contributed by atoms with Crippen LogP contribution in [0.5, 0.6) is 5.75 Å². The van der Waals surface area contributed by atoms with Crippen LogP contribution in [0, 0.1) is 5.92 Å². The second-order valence-corrected chi connectivity index (χ2v) is 9.08. The molecule has 1 N–H and O–H groups in total. The summed E-state index contributed by atoms with van der Waals surface area (Å²) in [4.78, 5) is 15.0. The molecule has 2 aromatic rings. The number of H-pyrrole nitrogens is 1. The first-order valence-electron chi connectivity index (χ1n) is 10.7. The lowest BCUT2D eigenvalue weighted by atomic mass is 9.74. The molecule has 1 aromatic heterocycles. The van der Waals surface area contributed by atoms with E-state index in [-0.39, 0.29) is 35.7 Å². The van der Waals surface area contributed by atoms with E-state index in [0.29, 0.717) is 6.42 Å². The van der Waals surface area contributed by atoms with Crippen molar-refractivity contribution >= 4 is 5.91 Å². The molecule has 0 aliphatic carbocycles. The molecule has 1 amide bonds. The van der Waals surface area contributed by atoms with E-state index in [1.165, 1.54) is 0 Å². The zero-order valence-electron chi connectivity index (χ0n) is 17.1. The second-order valence-electron chi connectivity index (χ2n) is 9.08. The van der Waals surface area contributed by atoms with Gasteiger partial charge in [0.05, 0.1) is 24.4 Å². The van der Waals surface area contributed by atoms with Gasteiger partial charge in [0.15, 0.2) is 0 Å². The van der Waals surface area contributed by atoms with Crippen molar-refractivity contribution in [2.75, 3.05) is 6.54 Å². The number of aromatic amines is 1. The van der Waals surface area contributed by atoms with Gasteiger partial charge in [-0.1, -0.05) is 18.2 Å². The van der Waals surface area contributed by atoms with Crippen molar-refractivity contribution < 1.29 is 14.3 Å². The maximum Gasteiger partial charge on any atom is 0.222 e. The van der Waals surface area contributed by atoms with E-state index in [9.17, 15) is 4.79 Å². The van der Waals surface area contributed by atoms with E-state index in [2.05, 4.69) is 41.1 Å². The number of carbonyl (C=O) groups excluding carboxylic acids is 1. The predicted molar refractivity (Wildman–Crippen MR) is 109 cm³/mol.